The summed E-state index contributed by atoms with van der Waals surface area (Å²) in [6, 6.07) is 10.8. The number of halogens is 3. The molecular weight excluding hydrogens is 425 g/mol. The number of hydrogen-bond acceptors (Lipinski definition) is 5. The summed E-state index contributed by atoms with van der Waals surface area (Å²) >= 11 is 0. The van der Waals surface area contributed by atoms with E-state index >= 15 is 0 Å². The molecule has 0 saturated carbocycles. The van der Waals surface area contributed by atoms with Gasteiger partial charge in [-0.25, -0.2) is 9.59 Å². The molecule has 5 nitrogen and oxygen atoms in total. The van der Waals surface area contributed by atoms with Crippen molar-refractivity contribution in [3.05, 3.63) is 65.7 Å². The summed E-state index contributed by atoms with van der Waals surface area (Å²) in [5, 5.41) is 0. The van der Waals surface area contributed by atoms with Crippen molar-refractivity contribution in [2.24, 2.45) is 0 Å². The van der Waals surface area contributed by atoms with E-state index in [1.165, 1.54) is 36.8 Å². The molecule has 0 fully saturated rings. The molecule has 0 aliphatic rings. The molecule has 0 bridgehead atoms. The lowest BCUT2D eigenvalue weighted by molar-refractivity contribution is -0.274. The van der Waals surface area contributed by atoms with Crippen LogP contribution in [0.3, 0.4) is 0 Å². The molecule has 0 heterocycles. The van der Waals surface area contributed by atoms with E-state index in [4.69, 9.17) is 9.47 Å². The van der Waals surface area contributed by atoms with E-state index in [1.807, 2.05) is 0 Å². The maximum atomic E-state index is 12.2. The predicted molar refractivity (Wildman–Crippen MR) is 113 cm³/mol. The van der Waals surface area contributed by atoms with Gasteiger partial charge in [0.25, 0.3) is 0 Å². The first kappa shape index (κ1) is 25.0. The highest BCUT2D eigenvalue weighted by molar-refractivity contribution is 5.91. The third-order valence-corrected chi connectivity index (χ3v) is 4.32. The Hall–Kier alpha value is -3.29. The summed E-state index contributed by atoms with van der Waals surface area (Å²) in [6.45, 7) is 2.53. The zero-order valence-corrected chi connectivity index (χ0v) is 17.7. The number of unbranched alkanes of at least 4 members (excludes halogenated alkanes) is 4. The van der Waals surface area contributed by atoms with Crippen LogP contribution in [0.2, 0.25) is 0 Å². The minimum atomic E-state index is -4.80. The van der Waals surface area contributed by atoms with Gasteiger partial charge in [-0.1, -0.05) is 44.7 Å². The van der Waals surface area contributed by atoms with Crippen molar-refractivity contribution in [2.75, 3.05) is 6.61 Å². The van der Waals surface area contributed by atoms with Gasteiger partial charge in [0.2, 0.25) is 0 Å². The van der Waals surface area contributed by atoms with Gasteiger partial charge in [0.1, 0.15) is 11.5 Å². The standard InChI is InChI=1S/C24H25F3O5/c1-2-3-4-5-6-17-30-22(28)16-9-18-7-12-20(13-8-18)31-23(29)19-10-14-21(15-11-19)32-24(25,26)27/h7-16H,2-6,17H2,1H3. The molecule has 172 valence electrons. The number of benzene rings is 2. The molecule has 0 spiro atoms. The molecule has 0 unspecified atom stereocenters. The molecule has 8 heteroatoms. The van der Waals surface area contributed by atoms with Crippen LogP contribution in [0.15, 0.2) is 54.6 Å². The first-order valence-corrected chi connectivity index (χ1v) is 10.3. The fourth-order valence-corrected chi connectivity index (χ4v) is 2.70. The van der Waals surface area contributed by atoms with E-state index in [-0.39, 0.29) is 11.3 Å². The Kier molecular flexibility index (Phi) is 9.78. The third-order valence-electron chi connectivity index (χ3n) is 4.32. The normalized spacial score (nSPS) is 11.4. The summed E-state index contributed by atoms with van der Waals surface area (Å²) in [6.07, 6.45) is 3.48. The summed E-state index contributed by atoms with van der Waals surface area (Å²) in [4.78, 5) is 23.9. The maximum Gasteiger partial charge on any atom is 0.573 e. The van der Waals surface area contributed by atoms with E-state index < -0.39 is 24.1 Å². The second-order valence-electron chi connectivity index (χ2n) is 6.95. The average Bonchev–Trinajstić information content (AvgIpc) is 2.75. The van der Waals surface area contributed by atoms with Gasteiger partial charge in [-0.2, -0.15) is 0 Å². The molecule has 2 aromatic rings. The van der Waals surface area contributed by atoms with Gasteiger partial charge >= 0.3 is 18.3 Å². The lowest BCUT2D eigenvalue weighted by atomic mass is 10.2. The Morgan fingerprint density at radius 1 is 0.875 bits per heavy atom. The van der Waals surface area contributed by atoms with Crippen LogP contribution < -0.4 is 9.47 Å². The number of ether oxygens (including phenoxy) is 3. The van der Waals surface area contributed by atoms with Crippen molar-refractivity contribution in [1.29, 1.82) is 0 Å². The summed E-state index contributed by atoms with van der Waals surface area (Å²) < 4.78 is 50.6. The molecule has 0 aliphatic carbocycles. The van der Waals surface area contributed by atoms with Crippen LogP contribution in [0.25, 0.3) is 6.08 Å². The zero-order chi connectivity index (χ0) is 23.4. The highest BCUT2D eigenvalue weighted by atomic mass is 19.4. The van der Waals surface area contributed by atoms with Crippen LogP contribution >= 0.6 is 0 Å². The van der Waals surface area contributed by atoms with Gasteiger partial charge in [0.05, 0.1) is 12.2 Å². The van der Waals surface area contributed by atoms with Crippen LogP contribution in [-0.4, -0.2) is 24.9 Å². The Morgan fingerprint density at radius 2 is 1.50 bits per heavy atom. The third kappa shape index (κ3) is 9.68. The number of carbonyl (C=O) groups excluding carboxylic acids is 2. The predicted octanol–water partition coefficient (Wildman–Crippen LogP) is 6.33. The van der Waals surface area contributed by atoms with Crippen LogP contribution in [-0.2, 0) is 9.53 Å². The fraction of sp³-hybridized carbons (Fsp3) is 0.333. The second-order valence-corrected chi connectivity index (χ2v) is 6.95. The van der Waals surface area contributed by atoms with Gasteiger partial charge in [-0.05, 0) is 54.5 Å². The molecule has 32 heavy (non-hydrogen) atoms. The number of carbonyl (C=O) groups is 2. The number of alkyl halides is 3. The van der Waals surface area contributed by atoms with Gasteiger partial charge in [-0.15, -0.1) is 13.2 Å². The number of esters is 2. The topological polar surface area (TPSA) is 61.8 Å². The summed E-state index contributed by atoms with van der Waals surface area (Å²) in [5.41, 5.74) is 0.777. The van der Waals surface area contributed by atoms with Crippen LogP contribution in [0.4, 0.5) is 13.2 Å². The van der Waals surface area contributed by atoms with Crippen molar-refractivity contribution in [3.63, 3.8) is 0 Å². The molecule has 2 aromatic carbocycles. The molecule has 2 rings (SSSR count). The largest absolute Gasteiger partial charge is 0.573 e. The molecule has 0 N–H and O–H groups in total. The molecule has 0 aliphatic heterocycles. The van der Waals surface area contributed by atoms with E-state index in [0.29, 0.717) is 12.2 Å². The molecule has 0 saturated heterocycles. The zero-order valence-electron chi connectivity index (χ0n) is 17.7. The first-order chi connectivity index (χ1) is 15.3. The van der Waals surface area contributed by atoms with E-state index in [1.54, 1.807) is 18.2 Å². The van der Waals surface area contributed by atoms with E-state index in [2.05, 4.69) is 11.7 Å². The second kappa shape index (κ2) is 12.5. The minimum absolute atomic E-state index is 0.0703. The Morgan fingerprint density at radius 3 is 2.12 bits per heavy atom. The van der Waals surface area contributed by atoms with E-state index in [9.17, 15) is 22.8 Å². The van der Waals surface area contributed by atoms with E-state index in [0.717, 1.165) is 37.8 Å². The van der Waals surface area contributed by atoms with Crippen molar-refractivity contribution >= 4 is 18.0 Å². The Bertz CT molecular complexity index is 887. The van der Waals surface area contributed by atoms with Crippen molar-refractivity contribution in [3.8, 4) is 11.5 Å². The molecule has 0 amide bonds. The van der Waals surface area contributed by atoms with Crippen molar-refractivity contribution in [1.82, 2.24) is 0 Å². The quantitative estimate of drug-likeness (QED) is 0.173. The summed E-state index contributed by atoms with van der Waals surface area (Å²) in [5.74, 6) is -1.33. The SMILES string of the molecule is CCCCCCCOC(=O)C=Cc1ccc(OC(=O)c2ccc(OC(F)(F)F)cc2)cc1. The molecular formula is C24H25F3O5. The summed E-state index contributed by atoms with van der Waals surface area (Å²) in [7, 11) is 0. The number of rotatable bonds is 11. The molecule has 0 aromatic heterocycles. The molecule has 0 radical (unpaired) electrons. The number of hydrogen-bond donors (Lipinski definition) is 0. The van der Waals surface area contributed by atoms with Crippen molar-refractivity contribution in [2.45, 2.75) is 45.4 Å². The highest BCUT2D eigenvalue weighted by Gasteiger charge is 2.31. The Balaban J connectivity index is 1.80. The fourth-order valence-electron chi connectivity index (χ4n) is 2.70. The monoisotopic (exact) mass is 450 g/mol. The lowest BCUT2D eigenvalue weighted by Gasteiger charge is -2.09. The smallest absolute Gasteiger partial charge is 0.463 e. The minimum Gasteiger partial charge on any atom is -0.463 e. The average molecular weight is 450 g/mol. The van der Waals surface area contributed by atoms with Gasteiger partial charge in [-0.3, -0.25) is 0 Å². The van der Waals surface area contributed by atoms with Gasteiger partial charge in [0, 0.05) is 6.08 Å². The van der Waals surface area contributed by atoms with Gasteiger partial charge in [0.15, 0.2) is 0 Å². The first-order valence-electron chi connectivity index (χ1n) is 10.3. The maximum absolute atomic E-state index is 12.2. The van der Waals surface area contributed by atoms with Crippen LogP contribution in [0.1, 0.15) is 54.9 Å². The van der Waals surface area contributed by atoms with Crippen LogP contribution in [0.5, 0.6) is 11.5 Å². The van der Waals surface area contributed by atoms with Crippen LogP contribution in [0, 0.1) is 0 Å². The van der Waals surface area contributed by atoms with Crippen molar-refractivity contribution < 1.29 is 37.0 Å². The lowest BCUT2D eigenvalue weighted by Crippen LogP contribution is -2.17. The van der Waals surface area contributed by atoms with Gasteiger partial charge < -0.3 is 14.2 Å². The highest BCUT2D eigenvalue weighted by Crippen LogP contribution is 2.23. The Labute approximate surface area is 184 Å². The molecule has 0 atom stereocenters.